The predicted octanol–water partition coefficient (Wildman–Crippen LogP) is 4.14. The van der Waals surface area contributed by atoms with Gasteiger partial charge in [0.1, 0.15) is 11.6 Å². The van der Waals surface area contributed by atoms with Gasteiger partial charge in [0.25, 0.3) is 0 Å². The molecule has 1 aliphatic heterocycles. The number of fused-ring (bicyclic) bond motifs is 1. The Labute approximate surface area is 234 Å². The van der Waals surface area contributed by atoms with Gasteiger partial charge in [-0.05, 0) is 49.4 Å². The van der Waals surface area contributed by atoms with E-state index in [-0.39, 0.29) is 5.82 Å². The van der Waals surface area contributed by atoms with Crippen molar-refractivity contribution >= 4 is 55.0 Å². The van der Waals surface area contributed by atoms with Gasteiger partial charge in [-0.2, -0.15) is 5.10 Å². The number of carbonyl (C=O) groups excluding carboxylic acids is 2. The molecule has 1 aliphatic rings. The second-order valence-corrected chi connectivity index (χ2v) is 10.9. The van der Waals surface area contributed by atoms with Crippen molar-refractivity contribution in [3.05, 3.63) is 76.8 Å². The van der Waals surface area contributed by atoms with E-state index in [0.29, 0.717) is 37.7 Å². The predicted molar refractivity (Wildman–Crippen MR) is 150 cm³/mol. The maximum Gasteiger partial charge on any atom is 0.315 e. The Balaban J connectivity index is 1.09. The molecule has 2 aromatic carbocycles. The van der Waals surface area contributed by atoms with Crippen LogP contribution in [0, 0.1) is 12.7 Å². The Morgan fingerprint density at radius 1 is 1.03 bits per heavy atom. The molecule has 1 saturated heterocycles. The molecule has 198 valence electrons. The van der Waals surface area contributed by atoms with Crippen LogP contribution in [-0.4, -0.2) is 67.3 Å². The monoisotopic (exact) mass is 608 g/mol. The van der Waals surface area contributed by atoms with E-state index in [1.165, 1.54) is 23.5 Å². The number of imidazole rings is 1. The molecule has 13 heteroatoms. The number of aryl methyl sites for hydroxylation is 1. The lowest BCUT2D eigenvalue weighted by Crippen LogP contribution is -2.51. The van der Waals surface area contributed by atoms with E-state index >= 15 is 0 Å². The Bertz CT molecular complexity index is 1660. The third-order valence-electron chi connectivity index (χ3n) is 6.33. The number of carbonyl (C=O) groups is 2. The number of piperazine rings is 1. The number of halogens is 2. The van der Waals surface area contributed by atoms with Crippen molar-refractivity contribution in [3.63, 3.8) is 0 Å². The Hall–Kier alpha value is -4.10. The second-order valence-electron chi connectivity index (χ2n) is 9.04. The highest BCUT2D eigenvalue weighted by molar-refractivity contribution is 9.10. The van der Waals surface area contributed by atoms with Gasteiger partial charge < -0.3 is 15.1 Å². The highest BCUT2D eigenvalue weighted by atomic mass is 79.9. The molecular weight excluding hydrogens is 587 g/mol. The molecule has 39 heavy (non-hydrogen) atoms. The van der Waals surface area contributed by atoms with Crippen molar-refractivity contribution in [2.24, 2.45) is 0 Å². The van der Waals surface area contributed by atoms with Crippen LogP contribution in [-0.2, 0) is 9.59 Å². The molecular formula is C26H22BrFN8O2S. The molecule has 0 saturated carbocycles. The van der Waals surface area contributed by atoms with Gasteiger partial charge in [0.2, 0.25) is 10.1 Å². The minimum absolute atomic E-state index is 0.294. The summed E-state index contributed by atoms with van der Waals surface area (Å²) in [7, 11) is 0. The first kappa shape index (κ1) is 25.2. The van der Waals surface area contributed by atoms with Crippen molar-refractivity contribution in [3.8, 4) is 16.9 Å². The Morgan fingerprint density at radius 2 is 1.79 bits per heavy atom. The van der Waals surface area contributed by atoms with Crippen LogP contribution >= 0.6 is 27.3 Å². The number of nitrogens with one attached hydrogen (secondary N) is 1. The van der Waals surface area contributed by atoms with Gasteiger partial charge in [0.05, 0.1) is 23.3 Å². The summed E-state index contributed by atoms with van der Waals surface area (Å²) in [6.45, 7) is 3.67. The molecule has 0 atom stereocenters. The van der Waals surface area contributed by atoms with E-state index in [9.17, 15) is 14.0 Å². The van der Waals surface area contributed by atoms with Crippen LogP contribution in [0.25, 0.3) is 21.9 Å². The third-order valence-corrected chi connectivity index (χ3v) is 7.81. The van der Waals surface area contributed by atoms with E-state index in [0.717, 1.165) is 31.5 Å². The van der Waals surface area contributed by atoms with Crippen molar-refractivity contribution in [2.75, 3.05) is 36.4 Å². The fraction of sp³-hybridized carbons (Fsp3) is 0.192. The average molecular weight is 609 g/mol. The van der Waals surface area contributed by atoms with E-state index in [1.807, 2.05) is 37.4 Å². The van der Waals surface area contributed by atoms with Gasteiger partial charge >= 0.3 is 11.8 Å². The summed E-state index contributed by atoms with van der Waals surface area (Å²) in [5.41, 5.74) is 3.01. The zero-order valence-corrected chi connectivity index (χ0v) is 23.1. The molecule has 1 fully saturated rings. The van der Waals surface area contributed by atoms with Crippen LogP contribution in [0.5, 0.6) is 0 Å². The Morgan fingerprint density at radius 3 is 2.51 bits per heavy atom. The van der Waals surface area contributed by atoms with Gasteiger partial charge in [-0.3, -0.25) is 9.59 Å². The number of benzene rings is 2. The van der Waals surface area contributed by atoms with E-state index in [1.54, 1.807) is 32.3 Å². The molecule has 0 unspecified atom stereocenters. The number of hydrogen-bond acceptors (Lipinski definition) is 7. The summed E-state index contributed by atoms with van der Waals surface area (Å²) in [5, 5.41) is 12.6. The molecule has 0 bridgehead atoms. The van der Waals surface area contributed by atoms with Gasteiger partial charge in [0, 0.05) is 42.3 Å². The molecule has 2 amide bonds. The summed E-state index contributed by atoms with van der Waals surface area (Å²) in [5.74, 6) is -1.17. The summed E-state index contributed by atoms with van der Waals surface area (Å²) < 4.78 is 17.4. The molecule has 0 spiro atoms. The Kier molecular flexibility index (Phi) is 6.61. The lowest BCUT2D eigenvalue weighted by atomic mass is 10.2. The minimum atomic E-state index is -0.708. The average Bonchev–Trinajstić information content (AvgIpc) is 3.62. The normalized spacial score (nSPS) is 13.7. The van der Waals surface area contributed by atoms with Crippen LogP contribution in [0.15, 0.2) is 65.3 Å². The van der Waals surface area contributed by atoms with Crippen molar-refractivity contribution in [1.82, 2.24) is 29.3 Å². The van der Waals surface area contributed by atoms with Crippen LogP contribution in [0.2, 0.25) is 0 Å². The fourth-order valence-corrected chi connectivity index (χ4v) is 5.71. The number of rotatable bonds is 4. The summed E-state index contributed by atoms with van der Waals surface area (Å²) in [6.07, 6.45) is 1.81. The number of hydrogen-bond donors (Lipinski definition) is 1. The molecule has 6 rings (SSSR count). The number of nitrogens with zero attached hydrogens (tertiary/aromatic N) is 7. The maximum atomic E-state index is 13.2. The smallest absolute Gasteiger partial charge is 0.315 e. The summed E-state index contributed by atoms with van der Waals surface area (Å²) in [4.78, 5) is 34.8. The number of aromatic nitrogens is 5. The van der Waals surface area contributed by atoms with E-state index in [2.05, 4.69) is 41.3 Å². The first-order valence-corrected chi connectivity index (χ1v) is 13.7. The molecule has 0 aliphatic carbocycles. The van der Waals surface area contributed by atoms with E-state index < -0.39 is 11.8 Å². The topological polar surface area (TPSA) is 101 Å². The standard InChI is InChI=1S/C26H22BrFN8O2S/c1-16-13-22(36(31-16)20-4-2-3-18(27)14-20)30-23(37)24(38)33-9-11-34(12-10-33)26-32-35-15-21(29-25(35)39-26)17-5-7-19(28)8-6-17/h2-8,13-15H,9-12H2,1H3,(H,30,37). The largest absolute Gasteiger partial charge is 0.343 e. The zero-order chi connectivity index (χ0) is 27.1. The van der Waals surface area contributed by atoms with Crippen LogP contribution in [0.3, 0.4) is 0 Å². The maximum absolute atomic E-state index is 13.2. The number of amides is 2. The summed E-state index contributed by atoms with van der Waals surface area (Å²) in [6, 6.07) is 15.4. The number of anilines is 2. The van der Waals surface area contributed by atoms with Gasteiger partial charge in [-0.15, -0.1) is 5.10 Å². The van der Waals surface area contributed by atoms with Crippen LogP contribution in [0.1, 0.15) is 5.69 Å². The fourth-order valence-electron chi connectivity index (χ4n) is 4.38. The SMILES string of the molecule is Cc1cc(NC(=O)C(=O)N2CCN(c3nn4cc(-c5ccc(F)cc5)nc4s3)CC2)n(-c2cccc(Br)c2)n1. The highest BCUT2D eigenvalue weighted by Crippen LogP contribution is 2.28. The van der Waals surface area contributed by atoms with Gasteiger partial charge in [-0.25, -0.2) is 18.6 Å². The molecule has 3 aromatic heterocycles. The van der Waals surface area contributed by atoms with Gasteiger partial charge in [-0.1, -0.05) is 33.3 Å². The lowest BCUT2D eigenvalue weighted by molar-refractivity contribution is -0.143. The second kappa shape index (κ2) is 10.2. The molecule has 0 radical (unpaired) electrons. The highest BCUT2D eigenvalue weighted by Gasteiger charge is 2.28. The zero-order valence-electron chi connectivity index (χ0n) is 20.7. The summed E-state index contributed by atoms with van der Waals surface area (Å²) >= 11 is 4.89. The van der Waals surface area contributed by atoms with Crippen LogP contribution in [0.4, 0.5) is 15.3 Å². The first-order valence-electron chi connectivity index (χ1n) is 12.1. The van der Waals surface area contributed by atoms with Crippen molar-refractivity contribution < 1.29 is 14.0 Å². The van der Waals surface area contributed by atoms with Crippen molar-refractivity contribution in [2.45, 2.75) is 6.92 Å². The lowest BCUT2D eigenvalue weighted by Gasteiger charge is -2.33. The molecule has 1 N–H and O–H groups in total. The van der Waals surface area contributed by atoms with Crippen LogP contribution < -0.4 is 10.2 Å². The minimum Gasteiger partial charge on any atom is -0.343 e. The quantitative estimate of drug-likeness (QED) is 0.308. The molecule has 5 aromatic rings. The van der Waals surface area contributed by atoms with Crippen molar-refractivity contribution in [1.29, 1.82) is 0 Å². The molecule has 4 heterocycles. The third kappa shape index (κ3) is 5.14. The molecule has 10 nitrogen and oxygen atoms in total. The van der Waals surface area contributed by atoms with E-state index in [4.69, 9.17) is 0 Å². The first-order chi connectivity index (χ1) is 18.8. The van der Waals surface area contributed by atoms with Gasteiger partial charge in [0.15, 0.2) is 0 Å².